The molecule has 7 nitrogen and oxygen atoms in total. The van der Waals surface area contributed by atoms with Gasteiger partial charge in [0.2, 0.25) is 0 Å². The molecule has 0 aliphatic rings. The molecule has 0 aliphatic heterocycles. The molecule has 0 atom stereocenters. The van der Waals surface area contributed by atoms with Crippen molar-refractivity contribution >= 4 is 16.9 Å². The summed E-state index contributed by atoms with van der Waals surface area (Å²) in [6.07, 6.45) is 2.95. The van der Waals surface area contributed by atoms with Crippen molar-refractivity contribution in [2.45, 2.75) is 26.0 Å². The monoisotopic (exact) mass is 300 g/mol. The zero-order chi connectivity index (χ0) is 15.9. The number of hydrogen-bond donors (Lipinski definition) is 2. The van der Waals surface area contributed by atoms with Crippen molar-refractivity contribution in [2.24, 2.45) is 5.73 Å². The zero-order valence-electron chi connectivity index (χ0n) is 12.3. The molecular formula is C15H16N4O3. The summed E-state index contributed by atoms with van der Waals surface area (Å²) in [4.78, 5) is 19.8. The molecule has 22 heavy (non-hydrogen) atoms. The predicted octanol–water partition coefficient (Wildman–Crippen LogP) is 1.56. The van der Waals surface area contributed by atoms with Gasteiger partial charge in [0.05, 0.1) is 29.4 Å². The largest absolute Gasteiger partial charge is 0.444 e. The second-order valence-corrected chi connectivity index (χ2v) is 5.77. The first-order valence-corrected chi connectivity index (χ1v) is 6.76. The van der Waals surface area contributed by atoms with Gasteiger partial charge in [0.1, 0.15) is 0 Å². The minimum absolute atomic E-state index is 0.117. The van der Waals surface area contributed by atoms with Gasteiger partial charge in [0.25, 0.3) is 5.91 Å². The Morgan fingerprint density at radius 1 is 1.45 bits per heavy atom. The fraction of sp³-hybridized carbons (Fsp3) is 0.267. The van der Waals surface area contributed by atoms with Crippen LogP contribution in [0.5, 0.6) is 0 Å². The Labute approximate surface area is 126 Å². The summed E-state index contributed by atoms with van der Waals surface area (Å²) in [7, 11) is 0. The highest BCUT2D eigenvalue weighted by Gasteiger charge is 2.22. The number of carbonyl (C=O) groups is 1. The van der Waals surface area contributed by atoms with Gasteiger partial charge in [-0.25, -0.2) is 9.97 Å². The van der Waals surface area contributed by atoms with Gasteiger partial charge in [-0.05, 0) is 32.0 Å². The van der Waals surface area contributed by atoms with E-state index in [0.29, 0.717) is 11.3 Å². The van der Waals surface area contributed by atoms with E-state index in [4.69, 9.17) is 10.2 Å². The summed E-state index contributed by atoms with van der Waals surface area (Å²) in [5.41, 5.74) is 6.52. The molecule has 3 rings (SSSR count). The number of benzene rings is 1. The Balaban J connectivity index is 2.17. The van der Waals surface area contributed by atoms with Crippen molar-refractivity contribution in [1.82, 2.24) is 14.5 Å². The van der Waals surface area contributed by atoms with E-state index in [1.54, 1.807) is 30.7 Å². The fourth-order valence-corrected chi connectivity index (χ4v) is 2.38. The molecule has 0 unspecified atom stereocenters. The van der Waals surface area contributed by atoms with Gasteiger partial charge >= 0.3 is 0 Å². The zero-order valence-corrected chi connectivity index (χ0v) is 12.3. The van der Waals surface area contributed by atoms with E-state index in [2.05, 4.69) is 9.97 Å². The van der Waals surface area contributed by atoms with Crippen LogP contribution in [0.4, 0.5) is 0 Å². The number of carbonyl (C=O) groups excluding carboxylic acids is 1. The second-order valence-electron chi connectivity index (χ2n) is 5.77. The minimum Gasteiger partial charge on any atom is -0.444 e. The maximum Gasteiger partial charge on any atom is 0.284 e. The van der Waals surface area contributed by atoms with Crippen LogP contribution < -0.4 is 5.73 Å². The Hall–Kier alpha value is -2.67. The highest BCUT2D eigenvalue weighted by Crippen LogP contribution is 2.25. The van der Waals surface area contributed by atoms with Crippen LogP contribution in [0, 0.1) is 0 Å². The third kappa shape index (κ3) is 2.58. The maximum absolute atomic E-state index is 11.6. The Bertz CT molecular complexity index is 828. The van der Waals surface area contributed by atoms with Crippen molar-refractivity contribution in [2.75, 3.05) is 0 Å². The molecule has 2 heterocycles. The molecule has 0 aliphatic carbocycles. The number of nitrogens with two attached hydrogens (primary N) is 1. The third-order valence-corrected chi connectivity index (χ3v) is 3.23. The van der Waals surface area contributed by atoms with Crippen LogP contribution in [0.15, 0.2) is 35.2 Å². The number of primary amides is 1. The number of rotatable bonds is 4. The number of nitrogens with zero attached hydrogens (tertiary/aromatic N) is 3. The Kier molecular flexibility index (Phi) is 3.22. The number of imidazole rings is 1. The molecule has 114 valence electrons. The lowest BCUT2D eigenvalue weighted by atomic mass is 10.1. The van der Waals surface area contributed by atoms with Crippen LogP contribution in [0.1, 0.15) is 24.5 Å². The van der Waals surface area contributed by atoms with Crippen molar-refractivity contribution in [1.29, 1.82) is 0 Å². The summed E-state index contributed by atoms with van der Waals surface area (Å²) < 4.78 is 6.88. The van der Waals surface area contributed by atoms with Crippen molar-refractivity contribution in [3.63, 3.8) is 0 Å². The smallest absolute Gasteiger partial charge is 0.284 e. The van der Waals surface area contributed by atoms with Crippen LogP contribution in [-0.4, -0.2) is 31.1 Å². The molecule has 1 aromatic carbocycles. The van der Waals surface area contributed by atoms with E-state index in [0.717, 1.165) is 11.1 Å². The number of oxazole rings is 1. The number of fused-ring (bicyclic) bond motifs is 1. The molecule has 0 spiro atoms. The molecule has 0 fully saturated rings. The molecule has 0 radical (unpaired) electrons. The number of aliphatic hydroxyl groups is 1. The summed E-state index contributed by atoms with van der Waals surface area (Å²) >= 11 is 0. The van der Waals surface area contributed by atoms with Gasteiger partial charge in [-0.1, -0.05) is 0 Å². The van der Waals surface area contributed by atoms with Crippen LogP contribution in [-0.2, 0) is 6.54 Å². The minimum atomic E-state index is -0.999. The van der Waals surface area contributed by atoms with Crippen LogP contribution in [0.2, 0.25) is 0 Å². The topological polar surface area (TPSA) is 107 Å². The van der Waals surface area contributed by atoms with E-state index < -0.39 is 11.5 Å². The lowest BCUT2D eigenvalue weighted by Gasteiger charge is -2.19. The number of amides is 1. The predicted molar refractivity (Wildman–Crippen MR) is 80.0 cm³/mol. The van der Waals surface area contributed by atoms with E-state index in [9.17, 15) is 9.90 Å². The van der Waals surface area contributed by atoms with Gasteiger partial charge in [0.15, 0.2) is 18.0 Å². The SMILES string of the molecule is CC(C)(O)Cn1c(C(N)=O)nc2cc(-c3cnco3)ccc21. The molecular weight excluding hydrogens is 284 g/mol. The summed E-state index contributed by atoms with van der Waals surface area (Å²) in [5.74, 6) is 0.0908. The van der Waals surface area contributed by atoms with Crippen molar-refractivity contribution in [3.05, 3.63) is 36.6 Å². The fourth-order valence-electron chi connectivity index (χ4n) is 2.38. The second kappa shape index (κ2) is 4.96. The van der Waals surface area contributed by atoms with Crippen LogP contribution in [0.3, 0.4) is 0 Å². The average Bonchev–Trinajstić information content (AvgIpc) is 3.04. The van der Waals surface area contributed by atoms with E-state index >= 15 is 0 Å². The van der Waals surface area contributed by atoms with Gasteiger partial charge in [0, 0.05) is 5.56 Å². The first-order valence-electron chi connectivity index (χ1n) is 6.76. The van der Waals surface area contributed by atoms with E-state index in [1.165, 1.54) is 6.39 Å². The van der Waals surface area contributed by atoms with Gasteiger partial charge < -0.3 is 19.8 Å². The first kappa shape index (κ1) is 14.3. The summed E-state index contributed by atoms with van der Waals surface area (Å²) in [6.45, 7) is 3.53. The molecule has 0 saturated heterocycles. The molecule has 2 aromatic heterocycles. The molecule has 0 bridgehead atoms. The Morgan fingerprint density at radius 2 is 2.23 bits per heavy atom. The molecule has 7 heteroatoms. The molecule has 1 amide bonds. The van der Waals surface area contributed by atoms with Crippen LogP contribution in [0.25, 0.3) is 22.4 Å². The van der Waals surface area contributed by atoms with E-state index in [1.807, 2.05) is 12.1 Å². The molecule has 0 saturated carbocycles. The number of hydrogen-bond acceptors (Lipinski definition) is 5. The lowest BCUT2D eigenvalue weighted by Crippen LogP contribution is -2.29. The number of aromatic nitrogens is 3. The Morgan fingerprint density at radius 3 is 2.82 bits per heavy atom. The summed E-state index contributed by atoms with van der Waals surface area (Å²) in [6, 6.07) is 5.46. The lowest BCUT2D eigenvalue weighted by molar-refractivity contribution is 0.0614. The third-order valence-electron chi connectivity index (χ3n) is 3.23. The van der Waals surface area contributed by atoms with E-state index in [-0.39, 0.29) is 12.4 Å². The van der Waals surface area contributed by atoms with Crippen molar-refractivity contribution in [3.8, 4) is 11.3 Å². The first-order chi connectivity index (χ1) is 10.3. The normalized spacial score (nSPS) is 12.0. The standard InChI is InChI=1S/C15H16N4O3/c1-15(2,21)7-19-11-4-3-9(12-6-17-8-22-12)5-10(11)18-14(19)13(16)20/h3-6,8,21H,7H2,1-2H3,(H2,16,20). The van der Waals surface area contributed by atoms with Crippen molar-refractivity contribution < 1.29 is 14.3 Å². The van der Waals surface area contributed by atoms with Gasteiger partial charge in [-0.2, -0.15) is 0 Å². The average molecular weight is 300 g/mol. The quantitative estimate of drug-likeness (QED) is 0.760. The maximum atomic E-state index is 11.6. The van der Waals surface area contributed by atoms with Gasteiger partial charge in [-0.15, -0.1) is 0 Å². The van der Waals surface area contributed by atoms with Gasteiger partial charge in [-0.3, -0.25) is 4.79 Å². The highest BCUT2D eigenvalue weighted by molar-refractivity contribution is 5.94. The summed E-state index contributed by atoms with van der Waals surface area (Å²) in [5, 5.41) is 10.0. The highest BCUT2D eigenvalue weighted by atomic mass is 16.3. The molecule has 3 N–H and O–H groups in total. The van der Waals surface area contributed by atoms with Crippen LogP contribution >= 0.6 is 0 Å². The molecule has 3 aromatic rings.